The van der Waals surface area contributed by atoms with E-state index >= 15 is 0 Å². The number of nitrogens with zero attached hydrogens (tertiary/aromatic N) is 1. The molecule has 0 aliphatic heterocycles. The Labute approximate surface area is 151 Å². The van der Waals surface area contributed by atoms with Gasteiger partial charge in [0.1, 0.15) is 24.3 Å². The van der Waals surface area contributed by atoms with Gasteiger partial charge in [-0.15, -0.1) is 0 Å². The van der Waals surface area contributed by atoms with E-state index in [0.29, 0.717) is 23.1 Å². The minimum Gasteiger partial charge on any atom is -0.493 e. The highest BCUT2D eigenvalue weighted by Gasteiger charge is 2.13. The van der Waals surface area contributed by atoms with Crippen molar-refractivity contribution in [3.05, 3.63) is 71.6 Å². The number of hydrogen-bond donors (Lipinski definition) is 0. The predicted molar refractivity (Wildman–Crippen MR) is 99.1 cm³/mol. The number of aromatic nitrogens is 1. The molecule has 132 valence electrons. The number of carbonyl (C=O) groups excluding carboxylic acids is 1. The van der Waals surface area contributed by atoms with Crippen molar-refractivity contribution in [1.29, 1.82) is 0 Å². The van der Waals surface area contributed by atoms with E-state index in [4.69, 9.17) is 13.9 Å². The zero-order chi connectivity index (χ0) is 18.4. The summed E-state index contributed by atoms with van der Waals surface area (Å²) >= 11 is 0. The first kappa shape index (κ1) is 17.5. The van der Waals surface area contributed by atoms with E-state index in [1.165, 1.54) is 6.08 Å². The highest BCUT2D eigenvalue weighted by Crippen LogP contribution is 2.30. The molecule has 0 bridgehead atoms. The molecule has 0 fully saturated rings. The zero-order valence-corrected chi connectivity index (χ0v) is 14.6. The van der Waals surface area contributed by atoms with Gasteiger partial charge in [-0.25, -0.2) is 4.98 Å². The number of allylic oxidation sites excluding steroid dienone is 1. The summed E-state index contributed by atoms with van der Waals surface area (Å²) in [5, 5.41) is 0. The van der Waals surface area contributed by atoms with Crippen LogP contribution < -0.4 is 9.47 Å². The Bertz CT molecular complexity index is 913. The fraction of sp³-hybridized carbons (Fsp3) is 0.143. The molecule has 0 atom stereocenters. The van der Waals surface area contributed by atoms with Gasteiger partial charge in [0, 0.05) is 5.56 Å². The van der Waals surface area contributed by atoms with Crippen LogP contribution in [0.15, 0.2) is 59.0 Å². The lowest BCUT2D eigenvalue weighted by atomic mass is 10.2. The number of rotatable bonds is 7. The Hall–Kier alpha value is -3.34. The molecule has 0 aliphatic rings. The van der Waals surface area contributed by atoms with Gasteiger partial charge in [0.25, 0.3) is 0 Å². The Morgan fingerprint density at radius 1 is 1.12 bits per heavy atom. The molecule has 5 heteroatoms. The van der Waals surface area contributed by atoms with Crippen LogP contribution in [0.2, 0.25) is 0 Å². The second-order valence-electron chi connectivity index (χ2n) is 5.58. The molecule has 0 amide bonds. The molecule has 5 nitrogen and oxygen atoms in total. The van der Waals surface area contributed by atoms with Gasteiger partial charge in [0.2, 0.25) is 5.89 Å². The third-order valence-corrected chi connectivity index (χ3v) is 3.83. The molecule has 0 saturated carbocycles. The fourth-order valence-electron chi connectivity index (χ4n) is 2.47. The van der Waals surface area contributed by atoms with E-state index in [2.05, 4.69) is 4.98 Å². The molecular formula is C21H19NO4. The number of oxazole rings is 1. The maximum atomic E-state index is 10.5. The third-order valence-electron chi connectivity index (χ3n) is 3.83. The summed E-state index contributed by atoms with van der Waals surface area (Å²) in [5.74, 6) is 2.46. The predicted octanol–water partition coefficient (Wildman–Crippen LogP) is 4.45. The van der Waals surface area contributed by atoms with Crippen molar-refractivity contribution >= 4 is 12.4 Å². The number of hydrogen-bond acceptors (Lipinski definition) is 5. The van der Waals surface area contributed by atoms with Gasteiger partial charge in [-0.1, -0.05) is 30.3 Å². The molecule has 0 N–H and O–H groups in total. The van der Waals surface area contributed by atoms with Gasteiger partial charge in [-0.05, 0) is 42.8 Å². The molecule has 26 heavy (non-hydrogen) atoms. The lowest BCUT2D eigenvalue weighted by Crippen LogP contribution is -2.00. The van der Waals surface area contributed by atoms with Crippen molar-refractivity contribution in [3.63, 3.8) is 0 Å². The van der Waals surface area contributed by atoms with Crippen molar-refractivity contribution in [2.24, 2.45) is 0 Å². The number of ether oxygens (including phenoxy) is 2. The Balaban J connectivity index is 1.79. The summed E-state index contributed by atoms with van der Waals surface area (Å²) in [6.45, 7) is 2.11. The lowest BCUT2D eigenvalue weighted by molar-refractivity contribution is -0.104. The van der Waals surface area contributed by atoms with Crippen LogP contribution in [0.4, 0.5) is 0 Å². The summed E-state index contributed by atoms with van der Waals surface area (Å²) in [6, 6.07) is 15.2. The molecule has 1 heterocycles. The smallest absolute Gasteiger partial charge is 0.226 e. The molecule has 0 aliphatic carbocycles. The topological polar surface area (TPSA) is 61.6 Å². The van der Waals surface area contributed by atoms with Crippen LogP contribution in [-0.2, 0) is 11.4 Å². The second kappa shape index (κ2) is 8.16. The molecule has 0 saturated heterocycles. The van der Waals surface area contributed by atoms with Crippen LogP contribution in [0.5, 0.6) is 11.5 Å². The normalized spacial score (nSPS) is 10.8. The quantitative estimate of drug-likeness (QED) is 0.466. The van der Waals surface area contributed by atoms with Crippen LogP contribution in [0, 0.1) is 6.92 Å². The summed E-state index contributed by atoms with van der Waals surface area (Å²) in [5.41, 5.74) is 2.48. The molecule has 3 aromatic rings. The SMILES string of the molecule is COc1ccc(C=CC=O)cc1OCc1nc(-c2ccccc2)oc1C. The van der Waals surface area contributed by atoms with Crippen molar-refractivity contribution in [2.75, 3.05) is 7.11 Å². The average molecular weight is 349 g/mol. The van der Waals surface area contributed by atoms with Crippen molar-refractivity contribution in [1.82, 2.24) is 4.98 Å². The number of aldehydes is 1. The first-order chi connectivity index (χ1) is 12.7. The molecule has 0 radical (unpaired) electrons. The van der Waals surface area contributed by atoms with Gasteiger partial charge in [0.15, 0.2) is 11.5 Å². The number of methoxy groups -OCH3 is 1. The first-order valence-corrected chi connectivity index (χ1v) is 8.15. The van der Waals surface area contributed by atoms with Crippen LogP contribution >= 0.6 is 0 Å². The van der Waals surface area contributed by atoms with E-state index in [-0.39, 0.29) is 6.61 Å². The van der Waals surface area contributed by atoms with E-state index < -0.39 is 0 Å². The van der Waals surface area contributed by atoms with E-state index in [1.54, 1.807) is 19.3 Å². The first-order valence-electron chi connectivity index (χ1n) is 8.15. The van der Waals surface area contributed by atoms with Crippen LogP contribution in [0.1, 0.15) is 17.0 Å². The third kappa shape index (κ3) is 4.00. The minimum atomic E-state index is 0.249. The van der Waals surface area contributed by atoms with Gasteiger partial charge >= 0.3 is 0 Å². The van der Waals surface area contributed by atoms with Gasteiger partial charge in [0.05, 0.1) is 7.11 Å². The standard InChI is InChI=1S/C21H19NO4/c1-15-18(22-21(26-15)17-8-4-3-5-9-17)14-25-20-13-16(7-6-12-23)10-11-19(20)24-2/h3-13H,14H2,1-2H3. The van der Waals surface area contributed by atoms with Gasteiger partial charge in [-0.3, -0.25) is 4.79 Å². The maximum absolute atomic E-state index is 10.5. The Morgan fingerprint density at radius 3 is 2.65 bits per heavy atom. The van der Waals surface area contributed by atoms with Gasteiger partial charge < -0.3 is 13.9 Å². The number of carbonyl (C=O) groups is 1. The molecule has 1 aromatic heterocycles. The summed E-state index contributed by atoms with van der Waals surface area (Å²) in [4.78, 5) is 15.0. The van der Waals surface area contributed by atoms with E-state index in [1.807, 2.05) is 49.4 Å². The van der Waals surface area contributed by atoms with Gasteiger partial charge in [-0.2, -0.15) is 0 Å². The van der Waals surface area contributed by atoms with Crippen molar-refractivity contribution < 1.29 is 18.7 Å². The maximum Gasteiger partial charge on any atom is 0.226 e. The summed E-state index contributed by atoms with van der Waals surface area (Å²) in [7, 11) is 1.58. The Morgan fingerprint density at radius 2 is 1.92 bits per heavy atom. The second-order valence-corrected chi connectivity index (χ2v) is 5.58. The van der Waals surface area contributed by atoms with Crippen LogP contribution in [0.25, 0.3) is 17.5 Å². The molecule has 0 unspecified atom stereocenters. The lowest BCUT2D eigenvalue weighted by Gasteiger charge is -2.10. The number of benzene rings is 2. The minimum absolute atomic E-state index is 0.249. The Kier molecular flexibility index (Phi) is 5.49. The largest absolute Gasteiger partial charge is 0.493 e. The van der Waals surface area contributed by atoms with E-state index in [0.717, 1.165) is 23.1 Å². The highest BCUT2D eigenvalue weighted by molar-refractivity contribution is 5.74. The van der Waals surface area contributed by atoms with Crippen LogP contribution in [0.3, 0.4) is 0 Å². The molecule has 0 spiro atoms. The number of aryl methyl sites for hydroxylation is 1. The monoisotopic (exact) mass is 349 g/mol. The highest BCUT2D eigenvalue weighted by atomic mass is 16.5. The van der Waals surface area contributed by atoms with Crippen molar-refractivity contribution in [3.8, 4) is 23.0 Å². The van der Waals surface area contributed by atoms with E-state index in [9.17, 15) is 4.79 Å². The summed E-state index contributed by atoms with van der Waals surface area (Å²) in [6.07, 6.45) is 3.86. The van der Waals surface area contributed by atoms with Crippen LogP contribution in [-0.4, -0.2) is 18.4 Å². The van der Waals surface area contributed by atoms with Crippen molar-refractivity contribution in [2.45, 2.75) is 13.5 Å². The molecular weight excluding hydrogens is 330 g/mol. The average Bonchev–Trinajstić information content (AvgIpc) is 3.06. The zero-order valence-electron chi connectivity index (χ0n) is 14.6. The summed E-state index contributed by atoms with van der Waals surface area (Å²) < 4.78 is 17.0. The molecule has 2 aromatic carbocycles. The molecule has 3 rings (SSSR count). The fourth-order valence-corrected chi connectivity index (χ4v) is 2.47.